The van der Waals surface area contributed by atoms with Gasteiger partial charge in [0.1, 0.15) is 0 Å². The third kappa shape index (κ3) is 4.20. The lowest BCUT2D eigenvalue weighted by molar-refractivity contribution is -0.146. The van der Waals surface area contributed by atoms with Gasteiger partial charge in [-0.1, -0.05) is 13.8 Å². The minimum Gasteiger partial charge on any atom is -0.372 e. The molecule has 3 heteroatoms. The van der Waals surface area contributed by atoms with Gasteiger partial charge in [-0.25, -0.2) is 0 Å². The number of carbonyl (C=O) groups excluding carboxylic acids is 1. The molecule has 0 radical (unpaired) electrons. The van der Waals surface area contributed by atoms with Crippen LogP contribution in [0.3, 0.4) is 0 Å². The van der Waals surface area contributed by atoms with Gasteiger partial charge in [-0.05, 0) is 26.2 Å². The van der Waals surface area contributed by atoms with Crippen LogP contribution in [0.1, 0.15) is 40.5 Å². The fourth-order valence-electron chi connectivity index (χ4n) is 1.80. The van der Waals surface area contributed by atoms with E-state index in [1.54, 1.807) is 0 Å². The Morgan fingerprint density at radius 3 is 2.67 bits per heavy atom. The molecule has 0 aromatic rings. The summed E-state index contributed by atoms with van der Waals surface area (Å²) < 4.78 is 5.58. The summed E-state index contributed by atoms with van der Waals surface area (Å²) in [5, 5.41) is 0. The third-order valence-corrected chi connectivity index (χ3v) is 2.71. The fourth-order valence-corrected chi connectivity index (χ4v) is 1.80. The Balaban J connectivity index is 2.39. The molecule has 1 rings (SSSR count). The van der Waals surface area contributed by atoms with Crippen molar-refractivity contribution >= 4 is 5.91 Å². The van der Waals surface area contributed by atoms with Gasteiger partial charge >= 0.3 is 0 Å². The predicted molar refractivity (Wildman–Crippen MR) is 60.7 cm³/mol. The third-order valence-electron chi connectivity index (χ3n) is 2.71. The molecule has 0 saturated carbocycles. The van der Waals surface area contributed by atoms with Crippen LogP contribution in [0.15, 0.2) is 0 Å². The first kappa shape index (κ1) is 12.5. The van der Waals surface area contributed by atoms with Crippen molar-refractivity contribution in [2.24, 2.45) is 5.92 Å². The number of rotatable bonds is 3. The fraction of sp³-hybridized carbons (Fsp3) is 0.917. The number of morpholine rings is 1. The van der Waals surface area contributed by atoms with Gasteiger partial charge in [0.2, 0.25) is 5.91 Å². The van der Waals surface area contributed by atoms with Crippen molar-refractivity contribution < 1.29 is 9.53 Å². The van der Waals surface area contributed by atoms with Crippen LogP contribution in [0, 0.1) is 5.92 Å². The van der Waals surface area contributed by atoms with Crippen molar-refractivity contribution in [3.05, 3.63) is 0 Å². The van der Waals surface area contributed by atoms with Crippen LogP contribution < -0.4 is 0 Å². The van der Waals surface area contributed by atoms with Crippen LogP contribution in [0.25, 0.3) is 0 Å². The van der Waals surface area contributed by atoms with Gasteiger partial charge in [0, 0.05) is 19.5 Å². The summed E-state index contributed by atoms with van der Waals surface area (Å²) in [5.74, 6) is 0.878. The van der Waals surface area contributed by atoms with Crippen molar-refractivity contribution in [1.82, 2.24) is 4.90 Å². The summed E-state index contributed by atoms with van der Waals surface area (Å²) in [6, 6.07) is 0. The van der Waals surface area contributed by atoms with E-state index in [4.69, 9.17) is 4.74 Å². The maximum Gasteiger partial charge on any atom is 0.222 e. The van der Waals surface area contributed by atoms with Gasteiger partial charge < -0.3 is 9.64 Å². The first-order valence-electron chi connectivity index (χ1n) is 5.82. The van der Waals surface area contributed by atoms with Crippen LogP contribution in [-0.4, -0.2) is 36.1 Å². The van der Waals surface area contributed by atoms with Crippen molar-refractivity contribution in [3.8, 4) is 0 Å². The first-order valence-corrected chi connectivity index (χ1v) is 5.82. The van der Waals surface area contributed by atoms with E-state index in [1.165, 1.54) is 0 Å². The quantitative estimate of drug-likeness (QED) is 0.718. The average Bonchev–Trinajstić information content (AvgIpc) is 2.12. The molecular weight excluding hydrogens is 190 g/mol. The van der Waals surface area contributed by atoms with Gasteiger partial charge in [0.05, 0.1) is 12.2 Å². The van der Waals surface area contributed by atoms with Gasteiger partial charge in [-0.3, -0.25) is 4.79 Å². The Labute approximate surface area is 92.8 Å². The minimum absolute atomic E-state index is 0.175. The summed E-state index contributed by atoms with van der Waals surface area (Å²) in [6.07, 6.45) is 1.66. The molecule has 0 aromatic heterocycles. The molecule has 0 spiro atoms. The molecule has 1 amide bonds. The highest BCUT2D eigenvalue weighted by atomic mass is 16.5. The van der Waals surface area contributed by atoms with Gasteiger partial charge in [-0.2, -0.15) is 0 Å². The maximum atomic E-state index is 11.9. The topological polar surface area (TPSA) is 29.5 Å². The largest absolute Gasteiger partial charge is 0.372 e. The molecule has 15 heavy (non-hydrogen) atoms. The standard InChI is InChI=1S/C12H23NO2/c1-10(2)5-6-11(14)13-7-8-15-12(3,4)9-13/h10H,5-9H2,1-4H3. The van der Waals surface area contributed by atoms with Crippen molar-refractivity contribution in [1.29, 1.82) is 0 Å². The molecule has 0 aliphatic carbocycles. The zero-order chi connectivity index (χ0) is 11.5. The van der Waals surface area contributed by atoms with Crippen molar-refractivity contribution in [2.45, 2.75) is 46.1 Å². The Morgan fingerprint density at radius 1 is 1.47 bits per heavy atom. The smallest absolute Gasteiger partial charge is 0.222 e. The molecule has 0 aromatic carbocycles. The molecular formula is C12H23NO2. The number of ether oxygens (including phenoxy) is 1. The van der Waals surface area contributed by atoms with Crippen LogP contribution in [0.2, 0.25) is 0 Å². The van der Waals surface area contributed by atoms with E-state index in [1.807, 2.05) is 18.7 Å². The molecule has 1 heterocycles. The highest BCUT2D eigenvalue weighted by Gasteiger charge is 2.29. The van der Waals surface area contributed by atoms with Crippen molar-refractivity contribution in [2.75, 3.05) is 19.7 Å². The van der Waals surface area contributed by atoms with Crippen LogP contribution in [0.5, 0.6) is 0 Å². The summed E-state index contributed by atoms with van der Waals surface area (Å²) in [5.41, 5.74) is -0.175. The molecule has 1 fully saturated rings. The Hall–Kier alpha value is -0.570. The van der Waals surface area contributed by atoms with Crippen LogP contribution in [0.4, 0.5) is 0 Å². The molecule has 3 nitrogen and oxygen atoms in total. The number of carbonyl (C=O) groups is 1. The van der Waals surface area contributed by atoms with Gasteiger partial charge in [0.15, 0.2) is 0 Å². The Morgan fingerprint density at radius 2 is 2.13 bits per heavy atom. The second kappa shape index (κ2) is 4.97. The maximum absolute atomic E-state index is 11.9. The molecule has 0 atom stereocenters. The molecule has 1 aliphatic heterocycles. The summed E-state index contributed by atoms with van der Waals surface area (Å²) in [6.45, 7) is 10.5. The van der Waals surface area contributed by atoms with E-state index in [2.05, 4.69) is 13.8 Å². The number of nitrogens with zero attached hydrogens (tertiary/aromatic N) is 1. The number of hydrogen-bond donors (Lipinski definition) is 0. The first-order chi connectivity index (χ1) is 6.91. The van der Waals surface area contributed by atoms with E-state index >= 15 is 0 Å². The van der Waals surface area contributed by atoms with E-state index in [-0.39, 0.29) is 11.5 Å². The summed E-state index contributed by atoms with van der Waals surface area (Å²) in [4.78, 5) is 13.8. The molecule has 0 bridgehead atoms. The predicted octanol–water partition coefficient (Wildman–Crippen LogP) is 2.06. The average molecular weight is 213 g/mol. The molecule has 1 saturated heterocycles. The molecule has 0 N–H and O–H groups in total. The number of amides is 1. The van der Waals surface area contributed by atoms with Gasteiger partial charge in [0.25, 0.3) is 0 Å². The van der Waals surface area contributed by atoms with E-state index in [9.17, 15) is 4.79 Å². The Bertz CT molecular complexity index is 224. The second-order valence-corrected chi connectivity index (χ2v) is 5.36. The Kier molecular flexibility index (Phi) is 4.14. The van der Waals surface area contributed by atoms with E-state index in [0.717, 1.165) is 19.5 Å². The van der Waals surface area contributed by atoms with Crippen LogP contribution >= 0.6 is 0 Å². The monoisotopic (exact) mass is 213 g/mol. The summed E-state index contributed by atoms with van der Waals surface area (Å²) >= 11 is 0. The zero-order valence-electron chi connectivity index (χ0n) is 10.4. The molecule has 88 valence electrons. The van der Waals surface area contributed by atoms with Crippen molar-refractivity contribution in [3.63, 3.8) is 0 Å². The lowest BCUT2D eigenvalue weighted by Gasteiger charge is -2.38. The molecule has 0 unspecified atom stereocenters. The van der Waals surface area contributed by atoms with Crippen LogP contribution in [-0.2, 0) is 9.53 Å². The summed E-state index contributed by atoms with van der Waals surface area (Å²) in [7, 11) is 0. The van der Waals surface area contributed by atoms with E-state index < -0.39 is 0 Å². The lowest BCUT2D eigenvalue weighted by Crippen LogP contribution is -2.50. The molecule has 1 aliphatic rings. The second-order valence-electron chi connectivity index (χ2n) is 5.36. The lowest BCUT2D eigenvalue weighted by atomic mass is 10.0. The minimum atomic E-state index is -0.175. The normalized spacial score (nSPS) is 20.7. The SMILES string of the molecule is CC(C)CCC(=O)N1CCOC(C)(C)C1. The highest BCUT2D eigenvalue weighted by Crippen LogP contribution is 2.17. The van der Waals surface area contributed by atoms with E-state index in [0.29, 0.717) is 18.9 Å². The highest BCUT2D eigenvalue weighted by molar-refractivity contribution is 5.76. The number of hydrogen-bond acceptors (Lipinski definition) is 2. The zero-order valence-corrected chi connectivity index (χ0v) is 10.4. The van der Waals surface area contributed by atoms with Gasteiger partial charge in [-0.15, -0.1) is 0 Å².